The molecule has 0 atom stereocenters. The van der Waals surface area contributed by atoms with Crippen LogP contribution in [0, 0.1) is 0 Å². The van der Waals surface area contributed by atoms with Gasteiger partial charge in [-0.3, -0.25) is 0 Å². The van der Waals surface area contributed by atoms with Crippen molar-refractivity contribution in [3.8, 4) is 0 Å². The van der Waals surface area contributed by atoms with Crippen molar-refractivity contribution < 1.29 is 9.53 Å². The Kier molecular flexibility index (Phi) is 2.36. The van der Waals surface area contributed by atoms with Crippen LogP contribution in [0.2, 0.25) is 0 Å². The summed E-state index contributed by atoms with van der Waals surface area (Å²) in [4.78, 5) is 16.1. The van der Waals surface area contributed by atoms with E-state index in [2.05, 4.69) is 20.5 Å². The Morgan fingerprint density at radius 3 is 3.06 bits per heavy atom. The molecule has 0 aliphatic carbocycles. The SMILES string of the molecule is CCOC(=O)c1nc2ccccc2n2nnnc12. The Labute approximate surface area is 101 Å². The average Bonchev–Trinajstić information content (AvgIpc) is 2.87. The van der Waals surface area contributed by atoms with E-state index in [4.69, 9.17) is 4.74 Å². The number of ether oxygens (including phenoxy) is 1. The summed E-state index contributed by atoms with van der Waals surface area (Å²) in [5, 5.41) is 11.2. The van der Waals surface area contributed by atoms with Crippen LogP contribution in [-0.2, 0) is 4.74 Å². The summed E-state index contributed by atoms with van der Waals surface area (Å²) < 4.78 is 6.42. The zero-order valence-electron chi connectivity index (χ0n) is 9.57. The number of tetrazole rings is 1. The predicted molar refractivity (Wildman–Crippen MR) is 62.0 cm³/mol. The maximum absolute atomic E-state index is 11.8. The largest absolute Gasteiger partial charge is 0.461 e. The zero-order valence-corrected chi connectivity index (χ0v) is 9.57. The van der Waals surface area contributed by atoms with Crippen LogP contribution < -0.4 is 0 Å². The maximum atomic E-state index is 11.8. The molecule has 2 heterocycles. The molecule has 7 heteroatoms. The van der Waals surface area contributed by atoms with Crippen LogP contribution in [-0.4, -0.2) is 37.6 Å². The fourth-order valence-corrected chi connectivity index (χ4v) is 1.74. The summed E-state index contributed by atoms with van der Waals surface area (Å²) in [7, 11) is 0. The minimum atomic E-state index is -0.525. The van der Waals surface area contributed by atoms with Gasteiger partial charge in [0.1, 0.15) is 0 Å². The van der Waals surface area contributed by atoms with Crippen LogP contribution in [0.4, 0.5) is 0 Å². The molecule has 0 unspecified atom stereocenters. The van der Waals surface area contributed by atoms with E-state index in [-0.39, 0.29) is 12.3 Å². The molecule has 0 bridgehead atoms. The molecule has 18 heavy (non-hydrogen) atoms. The number of fused-ring (bicyclic) bond motifs is 3. The Morgan fingerprint density at radius 2 is 2.22 bits per heavy atom. The molecule has 0 amide bonds. The lowest BCUT2D eigenvalue weighted by atomic mass is 10.3. The predicted octanol–water partition coefficient (Wildman–Crippen LogP) is 0.849. The number of carbonyl (C=O) groups is 1. The minimum Gasteiger partial charge on any atom is -0.461 e. The van der Waals surface area contributed by atoms with Crippen molar-refractivity contribution >= 4 is 22.6 Å². The first-order valence-electron chi connectivity index (χ1n) is 5.45. The van der Waals surface area contributed by atoms with Crippen molar-refractivity contribution in [2.45, 2.75) is 6.92 Å². The number of para-hydroxylation sites is 2. The van der Waals surface area contributed by atoms with Gasteiger partial charge in [0.2, 0.25) is 5.65 Å². The Balaban J connectivity index is 2.35. The van der Waals surface area contributed by atoms with Crippen LogP contribution >= 0.6 is 0 Å². The summed E-state index contributed by atoms with van der Waals surface area (Å²) >= 11 is 0. The van der Waals surface area contributed by atoms with Gasteiger partial charge in [0.05, 0.1) is 17.6 Å². The molecule has 0 aliphatic rings. The van der Waals surface area contributed by atoms with Gasteiger partial charge >= 0.3 is 5.97 Å². The topological polar surface area (TPSA) is 82.3 Å². The van der Waals surface area contributed by atoms with E-state index in [0.29, 0.717) is 11.2 Å². The van der Waals surface area contributed by atoms with Gasteiger partial charge in [0.15, 0.2) is 5.69 Å². The molecular formula is C11H9N5O2. The summed E-state index contributed by atoms with van der Waals surface area (Å²) in [6, 6.07) is 7.31. The van der Waals surface area contributed by atoms with E-state index < -0.39 is 5.97 Å². The normalized spacial score (nSPS) is 10.9. The van der Waals surface area contributed by atoms with E-state index in [1.807, 2.05) is 18.2 Å². The number of hydrogen-bond acceptors (Lipinski definition) is 6. The van der Waals surface area contributed by atoms with Gasteiger partial charge in [-0.05, 0) is 29.5 Å². The number of rotatable bonds is 2. The molecule has 0 N–H and O–H groups in total. The van der Waals surface area contributed by atoms with E-state index in [9.17, 15) is 4.79 Å². The highest BCUT2D eigenvalue weighted by molar-refractivity contribution is 5.96. The van der Waals surface area contributed by atoms with E-state index in [1.54, 1.807) is 13.0 Å². The molecule has 2 aromatic heterocycles. The van der Waals surface area contributed by atoms with Crippen LogP contribution in [0.25, 0.3) is 16.7 Å². The second-order valence-corrected chi connectivity index (χ2v) is 3.58. The molecular weight excluding hydrogens is 234 g/mol. The van der Waals surface area contributed by atoms with E-state index in [0.717, 1.165) is 5.52 Å². The van der Waals surface area contributed by atoms with Gasteiger partial charge in [0, 0.05) is 0 Å². The maximum Gasteiger partial charge on any atom is 0.360 e. The molecule has 3 aromatic rings. The Bertz CT molecular complexity index is 736. The zero-order chi connectivity index (χ0) is 12.5. The molecule has 1 aromatic carbocycles. The van der Waals surface area contributed by atoms with Gasteiger partial charge in [-0.15, -0.1) is 5.10 Å². The van der Waals surface area contributed by atoms with E-state index in [1.165, 1.54) is 4.52 Å². The third kappa shape index (κ3) is 1.48. The van der Waals surface area contributed by atoms with Crippen molar-refractivity contribution in [3.63, 3.8) is 0 Å². The highest BCUT2D eigenvalue weighted by atomic mass is 16.5. The number of aromatic nitrogens is 5. The molecule has 90 valence electrons. The number of hydrogen-bond donors (Lipinski definition) is 0. The first-order chi connectivity index (χ1) is 8.81. The quantitative estimate of drug-likeness (QED) is 0.620. The monoisotopic (exact) mass is 243 g/mol. The van der Waals surface area contributed by atoms with Crippen LogP contribution in [0.3, 0.4) is 0 Å². The Hall–Kier alpha value is -2.57. The molecule has 7 nitrogen and oxygen atoms in total. The smallest absolute Gasteiger partial charge is 0.360 e. The molecule has 0 radical (unpaired) electrons. The lowest BCUT2D eigenvalue weighted by molar-refractivity contribution is 0.0521. The molecule has 0 fully saturated rings. The summed E-state index contributed by atoms with van der Waals surface area (Å²) in [5.74, 6) is -0.525. The first kappa shape index (κ1) is 10.6. The van der Waals surface area contributed by atoms with E-state index >= 15 is 0 Å². The summed E-state index contributed by atoms with van der Waals surface area (Å²) in [5.41, 5.74) is 1.80. The fraction of sp³-hybridized carbons (Fsp3) is 0.182. The number of carbonyl (C=O) groups excluding carboxylic acids is 1. The highest BCUT2D eigenvalue weighted by Crippen LogP contribution is 2.15. The third-order valence-corrected chi connectivity index (χ3v) is 2.49. The third-order valence-electron chi connectivity index (χ3n) is 2.49. The molecule has 0 spiro atoms. The summed E-state index contributed by atoms with van der Waals surface area (Å²) in [6.07, 6.45) is 0. The van der Waals surface area contributed by atoms with Gasteiger partial charge in [-0.1, -0.05) is 12.1 Å². The number of esters is 1. The molecule has 3 rings (SSSR count). The second kappa shape index (κ2) is 4.02. The van der Waals surface area contributed by atoms with Gasteiger partial charge in [-0.2, -0.15) is 4.52 Å². The van der Waals surface area contributed by atoms with Gasteiger partial charge < -0.3 is 4.74 Å². The lowest BCUT2D eigenvalue weighted by Gasteiger charge is -2.04. The Morgan fingerprint density at radius 1 is 1.39 bits per heavy atom. The van der Waals surface area contributed by atoms with Crippen LogP contribution in [0.1, 0.15) is 17.4 Å². The van der Waals surface area contributed by atoms with Crippen molar-refractivity contribution in [2.24, 2.45) is 0 Å². The molecule has 0 saturated heterocycles. The highest BCUT2D eigenvalue weighted by Gasteiger charge is 2.18. The number of benzene rings is 1. The van der Waals surface area contributed by atoms with Crippen molar-refractivity contribution in [2.75, 3.05) is 6.61 Å². The summed E-state index contributed by atoms with van der Waals surface area (Å²) in [6.45, 7) is 2.01. The van der Waals surface area contributed by atoms with Crippen molar-refractivity contribution in [1.82, 2.24) is 25.0 Å². The van der Waals surface area contributed by atoms with Crippen LogP contribution in [0.5, 0.6) is 0 Å². The number of nitrogens with zero attached hydrogens (tertiary/aromatic N) is 5. The van der Waals surface area contributed by atoms with Gasteiger partial charge in [0.25, 0.3) is 0 Å². The second-order valence-electron chi connectivity index (χ2n) is 3.58. The average molecular weight is 243 g/mol. The van der Waals surface area contributed by atoms with Crippen LogP contribution in [0.15, 0.2) is 24.3 Å². The molecule has 0 saturated carbocycles. The minimum absolute atomic E-state index is 0.126. The van der Waals surface area contributed by atoms with Crippen molar-refractivity contribution in [3.05, 3.63) is 30.0 Å². The lowest BCUT2D eigenvalue weighted by Crippen LogP contribution is -2.10. The first-order valence-corrected chi connectivity index (χ1v) is 5.45. The van der Waals surface area contributed by atoms with Crippen molar-refractivity contribution in [1.29, 1.82) is 0 Å². The molecule has 0 aliphatic heterocycles. The van der Waals surface area contributed by atoms with Gasteiger partial charge in [-0.25, -0.2) is 9.78 Å². The standard InChI is InChI=1S/C11H9N5O2/c1-2-18-11(17)9-10-13-14-15-16(10)8-6-4-3-5-7(8)12-9/h3-6H,2H2,1H3. The fourth-order valence-electron chi connectivity index (χ4n) is 1.74.